The van der Waals surface area contributed by atoms with Gasteiger partial charge in [0.15, 0.2) is 17.7 Å². The van der Waals surface area contributed by atoms with E-state index in [0.29, 0.717) is 37.7 Å². The fraction of sp³-hybridized carbons (Fsp3) is 0.483. The lowest BCUT2D eigenvalue weighted by Gasteiger charge is -2.33. The van der Waals surface area contributed by atoms with E-state index in [1.54, 1.807) is 11.0 Å². The summed E-state index contributed by atoms with van der Waals surface area (Å²) in [6.45, 7) is 12.6. The minimum absolute atomic E-state index is 0.00692. The highest BCUT2D eigenvalue weighted by Gasteiger charge is 2.45. The molecule has 3 rings (SSSR count). The molecule has 2 aliphatic rings. The molecule has 0 aromatic heterocycles. The Hall–Kier alpha value is -3.51. The van der Waals surface area contributed by atoms with Gasteiger partial charge in [0.2, 0.25) is 0 Å². The molecule has 1 N–H and O–H groups in total. The topological polar surface area (TPSA) is 116 Å². The highest BCUT2D eigenvalue weighted by atomic mass is 79.9. The summed E-state index contributed by atoms with van der Waals surface area (Å²) in [6.07, 6.45) is 4.13. The molecule has 224 valence electrons. The first-order chi connectivity index (χ1) is 19.8. The molecule has 2 atom stereocenters. The standard InChI is InChI=1S/C29H38BrN3O8/c1-5-12-40-28(35)31-22-18-25(38-14-9-7-8-10-30)24(37-4)17-21(22)26(34)33-19-20(3)16-23(33)27-32(11-15-39-27)29(36)41-13-6-2/h5-6,17-18,23,27H,1-3,7-16,19H2,4H3,(H,31,35)/t23-,27?/m0/s1. The predicted molar refractivity (Wildman–Crippen MR) is 158 cm³/mol. The van der Waals surface area contributed by atoms with Crippen LogP contribution in [-0.2, 0) is 14.2 Å². The van der Waals surface area contributed by atoms with Crippen molar-refractivity contribution in [2.45, 2.75) is 38.0 Å². The number of carbonyl (C=O) groups is 3. The number of nitrogens with one attached hydrogen (secondary N) is 1. The molecule has 11 nitrogen and oxygen atoms in total. The van der Waals surface area contributed by atoms with Crippen molar-refractivity contribution < 1.29 is 38.1 Å². The Kier molecular flexibility index (Phi) is 12.5. The van der Waals surface area contributed by atoms with Gasteiger partial charge in [-0.1, -0.05) is 53.4 Å². The van der Waals surface area contributed by atoms with E-state index >= 15 is 0 Å². The number of carbonyl (C=O) groups excluding carboxylic acids is 3. The van der Waals surface area contributed by atoms with Crippen LogP contribution in [0.25, 0.3) is 0 Å². The number of methoxy groups -OCH3 is 1. The van der Waals surface area contributed by atoms with Crippen molar-refractivity contribution in [3.63, 3.8) is 0 Å². The summed E-state index contributed by atoms with van der Waals surface area (Å²) in [7, 11) is 1.48. The quantitative estimate of drug-likeness (QED) is 0.170. The Balaban J connectivity index is 1.92. The molecule has 41 heavy (non-hydrogen) atoms. The fourth-order valence-corrected chi connectivity index (χ4v) is 5.02. The van der Waals surface area contributed by atoms with Crippen molar-refractivity contribution in [3.05, 3.63) is 55.2 Å². The third-order valence-electron chi connectivity index (χ3n) is 6.51. The number of anilines is 1. The number of nitrogens with zero attached hydrogens (tertiary/aromatic N) is 2. The Morgan fingerprint density at radius 1 is 1.10 bits per heavy atom. The van der Waals surface area contributed by atoms with E-state index in [1.165, 1.54) is 30.2 Å². The zero-order valence-corrected chi connectivity index (χ0v) is 25.0. The van der Waals surface area contributed by atoms with Crippen molar-refractivity contribution in [1.29, 1.82) is 0 Å². The number of unbranched alkanes of at least 4 members (excludes halogenated alkanes) is 2. The van der Waals surface area contributed by atoms with Crippen LogP contribution in [0.5, 0.6) is 11.5 Å². The van der Waals surface area contributed by atoms with Crippen LogP contribution in [0.15, 0.2) is 49.6 Å². The van der Waals surface area contributed by atoms with Gasteiger partial charge in [-0.3, -0.25) is 15.0 Å². The second-order valence-corrected chi connectivity index (χ2v) is 10.2. The summed E-state index contributed by atoms with van der Waals surface area (Å²) in [5.74, 6) is 0.296. The third kappa shape index (κ3) is 8.49. The van der Waals surface area contributed by atoms with E-state index in [-0.39, 0.29) is 31.0 Å². The molecule has 1 aromatic rings. The maximum Gasteiger partial charge on any atom is 0.412 e. The van der Waals surface area contributed by atoms with Crippen LogP contribution < -0.4 is 14.8 Å². The third-order valence-corrected chi connectivity index (χ3v) is 7.07. The maximum absolute atomic E-state index is 14.1. The van der Waals surface area contributed by atoms with Gasteiger partial charge in [0, 0.05) is 17.9 Å². The highest BCUT2D eigenvalue weighted by Crippen LogP contribution is 2.37. The van der Waals surface area contributed by atoms with Gasteiger partial charge in [0.25, 0.3) is 5.91 Å². The lowest BCUT2D eigenvalue weighted by atomic mass is 10.1. The Bertz CT molecular complexity index is 1130. The van der Waals surface area contributed by atoms with Crippen molar-refractivity contribution in [3.8, 4) is 11.5 Å². The van der Waals surface area contributed by atoms with E-state index in [2.05, 4.69) is 41.0 Å². The van der Waals surface area contributed by atoms with Crippen LogP contribution in [0.3, 0.4) is 0 Å². The Labute approximate surface area is 249 Å². The molecule has 1 aromatic carbocycles. The molecule has 3 amide bonds. The Morgan fingerprint density at radius 2 is 1.85 bits per heavy atom. The van der Waals surface area contributed by atoms with Crippen LogP contribution in [0.1, 0.15) is 36.0 Å². The summed E-state index contributed by atoms with van der Waals surface area (Å²) in [6, 6.07) is 2.56. The van der Waals surface area contributed by atoms with Gasteiger partial charge in [-0.25, -0.2) is 9.59 Å². The molecule has 0 spiro atoms. The predicted octanol–water partition coefficient (Wildman–Crippen LogP) is 5.13. The lowest BCUT2D eigenvalue weighted by molar-refractivity contribution is -0.0194. The van der Waals surface area contributed by atoms with Gasteiger partial charge in [-0.15, -0.1) is 0 Å². The monoisotopic (exact) mass is 635 g/mol. The average Bonchev–Trinajstić information content (AvgIpc) is 3.61. The zero-order valence-electron chi connectivity index (χ0n) is 23.4. The molecule has 0 bridgehead atoms. The molecule has 1 unspecified atom stereocenters. The van der Waals surface area contributed by atoms with E-state index in [0.717, 1.165) is 30.2 Å². The van der Waals surface area contributed by atoms with Crippen LogP contribution >= 0.6 is 15.9 Å². The molecule has 12 heteroatoms. The van der Waals surface area contributed by atoms with Crippen molar-refractivity contribution >= 4 is 39.7 Å². The molecule has 2 saturated heterocycles. The van der Waals surface area contributed by atoms with E-state index in [4.69, 9.17) is 23.7 Å². The van der Waals surface area contributed by atoms with Crippen molar-refractivity contribution in [2.75, 3.05) is 57.3 Å². The number of alkyl halides is 1. The lowest BCUT2D eigenvalue weighted by Crippen LogP contribution is -2.50. The molecule has 2 heterocycles. The number of hydrogen-bond donors (Lipinski definition) is 1. The van der Waals surface area contributed by atoms with Gasteiger partial charge < -0.3 is 28.6 Å². The first-order valence-corrected chi connectivity index (χ1v) is 14.6. The summed E-state index contributed by atoms with van der Waals surface area (Å²) in [5, 5.41) is 3.57. The average molecular weight is 637 g/mol. The van der Waals surface area contributed by atoms with Gasteiger partial charge in [-0.2, -0.15) is 0 Å². The first kappa shape index (κ1) is 32.0. The number of rotatable bonds is 14. The maximum atomic E-state index is 14.1. The van der Waals surface area contributed by atoms with Gasteiger partial charge in [0.05, 0.1) is 44.2 Å². The highest BCUT2D eigenvalue weighted by molar-refractivity contribution is 9.09. The van der Waals surface area contributed by atoms with E-state index in [1.807, 2.05) is 0 Å². The van der Waals surface area contributed by atoms with Crippen LogP contribution in [0.4, 0.5) is 15.3 Å². The largest absolute Gasteiger partial charge is 0.493 e. The number of halogens is 1. The molecule has 2 fully saturated rings. The number of hydrogen-bond acceptors (Lipinski definition) is 8. The normalized spacial score (nSPS) is 18.1. The number of likely N-dealkylation sites (tertiary alicyclic amines) is 1. The second kappa shape index (κ2) is 16.1. The first-order valence-electron chi connectivity index (χ1n) is 13.4. The second-order valence-electron chi connectivity index (χ2n) is 9.43. The minimum atomic E-state index is -0.759. The number of ether oxygens (including phenoxy) is 5. The van der Waals surface area contributed by atoms with Crippen LogP contribution in [0, 0.1) is 0 Å². The molecular weight excluding hydrogens is 598 g/mol. The summed E-state index contributed by atoms with van der Waals surface area (Å²) < 4.78 is 27.7. The molecule has 2 aliphatic heterocycles. The summed E-state index contributed by atoms with van der Waals surface area (Å²) in [5.41, 5.74) is 1.14. The van der Waals surface area contributed by atoms with Crippen LogP contribution in [0.2, 0.25) is 0 Å². The molecule has 0 aliphatic carbocycles. The van der Waals surface area contributed by atoms with E-state index < -0.39 is 30.4 Å². The molecular formula is C29H38BrN3O8. The fourth-order valence-electron chi connectivity index (χ4n) is 4.63. The summed E-state index contributed by atoms with van der Waals surface area (Å²) in [4.78, 5) is 42.3. The van der Waals surface area contributed by atoms with Gasteiger partial charge in [0.1, 0.15) is 13.2 Å². The molecule has 0 radical (unpaired) electrons. The van der Waals surface area contributed by atoms with Gasteiger partial charge >= 0.3 is 12.2 Å². The van der Waals surface area contributed by atoms with E-state index in [9.17, 15) is 14.4 Å². The molecule has 0 saturated carbocycles. The zero-order chi connectivity index (χ0) is 29.8. The minimum Gasteiger partial charge on any atom is -0.493 e. The Morgan fingerprint density at radius 3 is 2.56 bits per heavy atom. The van der Waals surface area contributed by atoms with Gasteiger partial charge in [-0.05, 0) is 31.7 Å². The number of amides is 3. The summed E-state index contributed by atoms with van der Waals surface area (Å²) >= 11 is 3.42. The SMILES string of the molecule is C=CCOC(=O)Nc1cc(OCCCCCBr)c(OC)cc1C(=O)N1CC(=C)C[C@H]1C1OCCN1C(=O)OCC=C. The number of benzene rings is 1. The smallest absolute Gasteiger partial charge is 0.412 e. The van der Waals surface area contributed by atoms with Crippen molar-refractivity contribution in [1.82, 2.24) is 9.80 Å². The van der Waals surface area contributed by atoms with Crippen LogP contribution in [-0.4, -0.2) is 92.1 Å². The van der Waals surface area contributed by atoms with Crippen molar-refractivity contribution in [2.24, 2.45) is 0 Å².